The second-order valence-electron chi connectivity index (χ2n) is 5.12. The Morgan fingerprint density at radius 1 is 1.37 bits per heavy atom. The Morgan fingerprint density at radius 3 is 2.63 bits per heavy atom. The van der Waals surface area contributed by atoms with E-state index in [0.29, 0.717) is 11.3 Å². The van der Waals surface area contributed by atoms with Gasteiger partial charge in [0, 0.05) is 7.05 Å². The predicted molar refractivity (Wildman–Crippen MR) is 73.3 cm³/mol. The lowest BCUT2D eigenvalue weighted by molar-refractivity contribution is -0.0525. The number of hydrogen-bond acceptors (Lipinski definition) is 5. The minimum absolute atomic E-state index is 0.124. The maximum Gasteiger partial charge on any atom is 0.265 e. The van der Waals surface area contributed by atoms with Gasteiger partial charge in [-0.1, -0.05) is 0 Å². The summed E-state index contributed by atoms with van der Waals surface area (Å²) in [6.45, 7) is 3.68. The average molecular weight is 284 g/mol. The number of thiazole rings is 1. The topological polar surface area (TPSA) is 73.7 Å². The van der Waals surface area contributed by atoms with Crippen molar-refractivity contribution in [2.75, 3.05) is 7.05 Å². The highest BCUT2D eigenvalue weighted by Crippen LogP contribution is 2.26. The molecular weight excluding hydrogens is 264 g/mol. The predicted octanol–water partition coefficient (Wildman–Crippen LogP) is 1.11. The van der Waals surface area contributed by atoms with Crippen LogP contribution in [0.4, 0.5) is 0 Å². The Hall–Kier alpha value is -0.980. The SMILES string of the molecule is Cc1nc(C)c(C(=O)N(C)[C@@H]2CCC[C@@H](O)[C@@H]2O)s1. The number of carbonyl (C=O) groups excluding carboxylic acids is 1. The van der Waals surface area contributed by atoms with Crippen LogP contribution in [-0.4, -0.2) is 51.3 Å². The lowest BCUT2D eigenvalue weighted by atomic mass is 9.89. The zero-order chi connectivity index (χ0) is 14.2. The van der Waals surface area contributed by atoms with E-state index in [1.54, 1.807) is 11.9 Å². The summed E-state index contributed by atoms with van der Waals surface area (Å²) in [5.74, 6) is -0.124. The molecule has 1 fully saturated rings. The molecule has 1 aromatic rings. The van der Waals surface area contributed by atoms with Crippen molar-refractivity contribution in [3.63, 3.8) is 0 Å². The fourth-order valence-corrected chi connectivity index (χ4v) is 3.50. The van der Waals surface area contributed by atoms with Gasteiger partial charge in [0.1, 0.15) is 11.0 Å². The summed E-state index contributed by atoms with van der Waals surface area (Å²) in [5, 5.41) is 20.6. The smallest absolute Gasteiger partial charge is 0.265 e. The third kappa shape index (κ3) is 2.80. The van der Waals surface area contributed by atoms with Gasteiger partial charge in [0.2, 0.25) is 0 Å². The van der Waals surface area contributed by atoms with Crippen molar-refractivity contribution in [3.05, 3.63) is 15.6 Å². The van der Waals surface area contributed by atoms with Crippen LogP contribution in [0.15, 0.2) is 0 Å². The van der Waals surface area contributed by atoms with Crippen molar-refractivity contribution in [3.8, 4) is 0 Å². The molecule has 0 spiro atoms. The van der Waals surface area contributed by atoms with Crippen molar-refractivity contribution in [1.29, 1.82) is 0 Å². The van der Waals surface area contributed by atoms with E-state index in [-0.39, 0.29) is 11.9 Å². The van der Waals surface area contributed by atoms with Gasteiger partial charge in [0.05, 0.1) is 22.8 Å². The number of aromatic nitrogens is 1. The highest BCUT2D eigenvalue weighted by molar-refractivity contribution is 7.13. The van der Waals surface area contributed by atoms with Gasteiger partial charge in [-0.25, -0.2) is 4.98 Å². The van der Waals surface area contributed by atoms with Crippen molar-refractivity contribution < 1.29 is 15.0 Å². The van der Waals surface area contributed by atoms with Gasteiger partial charge in [-0.2, -0.15) is 0 Å². The van der Waals surface area contributed by atoms with E-state index in [1.807, 2.05) is 13.8 Å². The monoisotopic (exact) mass is 284 g/mol. The lowest BCUT2D eigenvalue weighted by Crippen LogP contribution is -2.51. The van der Waals surface area contributed by atoms with Crippen molar-refractivity contribution in [2.24, 2.45) is 0 Å². The van der Waals surface area contributed by atoms with Crippen LogP contribution in [0.5, 0.6) is 0 Å². The molecule has 106 valence electrons. The molecule has 5 nitrogen and oxygen atoms in total. The summed E-state index contributed by atoms with van der Waals surface area (Å²) >= 11 is 1.37. The molecule has 19 heavy (non-hydrogen) atoms. The van der Waals surface area contributed by atoms with Gasteiger partial charge in [-0.05, 0) is 33.1 Å². The molecule has 0 unspecified atom stereocenters. The second kappa shape index (κ2) is 5.56. The van der Waals surface area contributed by atoms with Gasteiger partial charge in [0.15, 0.2) is 0 Å². The van der Waals surface area contributed by atoms with Crippen LogP contribution in [0.3, 0.4) is 0 Å². The van der Waals surface area contributed by atoms with Crippen molar-refractivity contribution in [1.82, 2.24) is 9.88 Å². The van der Waals surface area contributed by atoms with Crippen molar-refractivity contribution >= 4 is 17.2 Å². The van der Waals surface area contributed by atoms with E-state index < -0.39 is 12.2 Å². The molecule has 3 atom stereocenters. The van der Waals surface area contributed by atoms with E-state index in [0.717, 1.165) is 23.5 Å². The normalized spacial score (nSPS) is 27.3. The molecule has 0 bridgehead atoms. The molecular formula is C13H20N2O3S. The van der Waals surface area contributed by atoms with Crippen LogP contribution < -0.4 is 0 Å². The number of likely N-dealkylation sites (N-methyl/N-ethyl adjacent to an activating group) is 1. The maximum absolute atomic E-state index is 12.4. The van der Waals surface area contributed by atoms with Gasteiger partial charge < -0.3 is 15.1 Å². The first-order valence-electron chi connectivity index (χ1n) is 6.49. The first-order chi connectivity index (χ1) is 8.91. The average Bonchev–Trinajstić information content (AvgIpc) is 2.70. The van der Waals surface area contributed by atoms with E-state index in [2.05, 4.69) is 4.98 Å². The molecule has 0 saturated heterocycles. The Morgan fingerprint density at radius 2 is 2.05 bits per heavy atom. The van der Waals surface area contributed by atoms with Gasteiger partial charge in [-0.3, -0.25) is 4.79 Å². The van der Waals surface area contributed by atoms with Crippen LogP contribution in [0.2, 0.25) is 0 Å². The molecule has 6 heteroatoms. The second-order valence-corrected chi connectivity index (χ2v) is 6.32. The minimum Gasteiger partial charge on any atom is -0.390 e. The first-order valence-corrected chi connectivity index (χ1v) is 7.30. The van der Waals surface area contributed by atoms with E-state index in [1.165, 1.54) is 11.3 Å². The first kappa shape index (κ1) is 14.4. The van der Waals surface area contributed by atoms with Gasteiger partial charge in [0.25, 0.3) is 5.91 Å². The maximum atomic E-state index is 12.4. The Bertz CT molecular complexity index is 474. The van der Waals surface area contributed by atoms with Gasteiger partial charge >= 0.3 is 0 Å². The molecule has 2 N–H and O–H groups in total. The molecule has 1 aromatic heterocycles. The number of aliphatic hydroxyl groups is 2. The summed E-state index contributed by atoms with van der Waals surface area (Å²) in [5.41, 5.74) is 0.727. The molecule has 1 aliphatic carbocycles. The Balaban J connectivity index is 2.17. The zero-order valence-electron chi connectivity index (χ0n) is 11.5. The fraction of sp³-hybridized carbons (Fsp3) is 0.692. The number of aryl methyl sites for hydroxylation is 2. The van der Waals surface area contributed by atoms with Crippen LogP contribution in [-0.2, 0) is 0 Å². The number of nitrogens with zero attached hydrogens (tertiary/aromatic N) is 2. The van der Waals surface area contributed by atoms with Gasteiger partial charge in [-0.15, -0.1) is 11.3 Å². The molecule has 1 amide bonds. The van der Waals surface area contributed by atoms with Crippen molar-refractivity contribution in [2.45, 2.75) is 51.4 Å². The van der Waals surface area contributed by atoms with Crippen LogP contribution >= 0.6 is 11.3 Å². The van der Waals surface area contributed by atoms with Crippen LogP contribution in [0.1, 0.15) is 39.6 Å². The summed E-state index contributed by atoms with van der Waals surface area (Å²) in [4.78, 5) is 18.9. The summed E-state index contributed by atoms with van der Waals surface area (Å²) in [6, 6.07) is -0.321. The van der Waals surface area contributed by atoms with E-state index in [9.17, 15) is 15.0 Å². The number of hydrogen-bond donors (Lipinski definition) is 2. The van der Waals surface area contributed by atoms with E-state index >= 15 is 0 Å². The molecule has 1 saturated carbocycles. The molecule has 0 radical (unpaired) electrons. The zero-order valence-corrected chi connectivity index (χ0v) is 12.3. The molecule has 1 aliphatic rings. The number of aliphatic hydroxyl groups excluding tert-OH is 2. The summed E-state index contributed by atoms with van der Waals surface area (Å²) in [7, 11) is 1.68. The largest absolute Gasteiger partial charge is 0.390 e. The Labute approximate surface area is 116 Å². The molecule has 0 aromatic carbocycles. The highest BCUT2D eigenvalue weighted by Gasteiger charge is 2.35. The quantitative estimate of drug-likeness (QED) is 0.853. The number of rotatable bonds is 2. The number of amides is 1. The highest BCUT2D eigenvalue weighted by atomic mass is 32.1. The fourth-order valence-electron chi connectivity index (χ4n) is 2.60. The summed E-state index contributed by atoms with van der Waals surface area (Å²) in [6.07, 6.45) is 0.534. The van der Waals surface area contributed by atoms with Crippen LogP contribution in [0.25, 0.3) is 0 Å². The van der Waals surface area contributed by atoms with E-state index in [4.69, 9.17) is 0 Å². The molecule has 1 heterocycles. The third-order valence-corrected chi connectivity index (χ3v) is 4.76. The standard InChI is InChI=1S/C13H20N2O3S/c1-7-12(19-8(2)14-7)13(18)15(3)9-5-4-6-10(16)11(9)17/h9-11,16-17H,4-6H2,1-3H3/t9-,10-,11-/m1/s1. The number of carbonyl (C=O) groups is 1. The molecule has 2 rings (SSSR count). The summed E-state index contributed by atoms with van der Waals surface area (Å²) < 4.78 is 0. The minimum atomic E-state index is -0.864. The lowest BCUT2D eigenvalue weighted by Gasteiger charge is -2.37. The molecule has 0 aliphatic heterocycles. The third-order valence-electron chi connectivity index (χ3n) is 3.70. The van der Waals surface area contributed by atoms with Crippen LogP contribution in [0, 0.1) is 13.8 Å². The Kier molecular flexibility index (Phi) is 4.23.